The molecule has 1 aromatic heterocycles. The number of pyridine rings is 1. The number of anilines is 2. The van der Waals surface area contributed by atoms with E-state index in [9.17, 15) is 0 Å². The van der Waals surface area contributed by atoms with Crippen LogP contribution in [0.1, 0.15) is 5.56 Å². The first-order valence-corrected chi connectivity index (χ1v) is 5.24. The molecule has 0 saturated carbocycles. The fourth-order valence-corrected chi connectivity index (χ4v) is 1.61. The topological polar surface area (TPSA) is 42.2 Å². The quantitative estimate of drug-likeness (QED) is 0.850. The highest BCUT2D eigenvalue weighted by Gasteiger charge is 2.03. The predicted molar refractivity (Wildman–Crippen MR) is 66.6 cm³/mol. The van der Waals surface area contributed by atoms with Crippen molar-refractivity contribution < 1.29 is 0 Å². The molecule has 0 atom stereocenters. The van der Waals surface area contributed by atoms with E-state index in [4.69, 9.17) is 5.73 Å². The van der Waals surface area contributed by atoms with Gasteiger partial charge in [-0.3, -0.25) is 4.98 Å². The third-order valence-electron chi connectivity index (χ3n) is 2.58. The second-order valence-corrected chi connectivity index (χ2v) is 3.64. The molecule has 0 bridgehead atoms. The van der Waals surface area contributed by atoms with Crippen molar-refractivity contribution in [2.45, 2.75) is 6.54 Å². The second-order valence-electron chi connectivity index (χ2n) is 3.64. The predicted octanol–water partition coefficient (Wildman–Crippen LogP) is 2.31. The van der Waals surface area contributed by atoms with Gasteiger partial charge in [0.1, 0.15) is 0 Å². The number of hydrogen-bond acceptors (Lipinski definition) is 3. The lowest BCUT2D eigenvalue weighted by atomic mass is 10.2. The van der Waals surface area contributed by atoms with Crippen molar-refractivity contribution in [3.8, 4) is 0 Å². The largest absolute Gasteiger partial charge is 0.345 e. The van der Waals surface area contributed by atoms with Gasteiger partial charge in [-0.05, 0) is 29.8 Å². The van der Waals surface area contributed by atoms with Crippen LogP contribution in [0, 0.1) is 0 Å². The van der Waals surface area contributed by atoms with Gasteiger partial charge in [-0.2, -0.15) is 0 Å². The molecule has 0 amide bonds. The van der Waals surface area contributed by atoms with E-state index in [0.29, 0.717) is 6.54 Å². The highest BCUT2D eigenvalue weighted by Crippen LogP contribution is 2.23. The summed E-state index contributed by atoms with van der Waals surface area (Å²) in [6.07, 6.45) is 3.58. The Kier molecular flexibility index (Phi) is 3.17. The minimum absolute atomic E-state index is 0.567. The summed E-state index contributed by atoms with van der Waals surface area (Å²) in [5, 5.41) is 0. The molecule has 0 fully saturated rings. The summed E-state index contributed by atoms with van der Waals surface area (Å²) >= 11 is 0. The Bertz CT molecular complexity index is 454. The van der Waals surface area contributed by atoms with Crippen molar-refractivity contribution in [1.82, 2.24) is 4.98 Å². The van der Waals surface area contributed by atoms with Crippen molar-refractivity contribution in [2.75, 3.05) is 11.9 Å². The van der Waals surface area contributed by atoms with Crippen LogP contribution >= 0.6 is 0 Å². The van der Waals surface area contributed by atoms with Crippen LogP contribution in [0.2, 0.25) is 0 Å². The molecule has 2 rings (SSSR count). The van der Waals surface area contributed by atoms with E-state index in [-0.39, 0.29) is 0 Å². The number of nitrogens with two attached hydrogens (primary N) is 1. The van der Waals surface area contributed by atoms with Crippen LogP contribution in [0.5, 0.6) is 0 Å². The molecule has 0 aliphatic rings. The Balaban J connectivity index is 2.30. The lowest BCUT2D eigenvalue weighted by molar-refractivity contribution is 1.06. The Morgan fingerprint density at radius 1 is 1.12 bits per heavy atom. The summed E-state index contributed by atoms with van der Waals surface area (Å²) in [5.41, 5.74) is 9.01. The molecular weight excluding hydrogens is 198 g/mol. The fraction of sp³-hybridized carbons (Fsp3) is 0.154. The lowest BCUT2D eigenvalue weighted by Gasteiger charge is -2.19. The van der Waals surface area contributed by atoms with Gasteiger partial charge < -0.3 is 10.6 Å². The number of benzene rings is 1. The van der Waals surface area contributed by atoms with Gasteiger partial charge in [0.25, 0.3) is 0 Å². The van der Waals surface area contributed by atoms with Crippen molar-refractivity contribution in [2.24, 2.45) is 5.73 Å². The van der Waals surface area contributed by atoms with Crippen molar-refractivity contribution in [1.29, 1.82) is 0 Å². The standard InChI is InChI=1S/C13H15N3/c1-16(12-5-7-15-8-6-12)13-4-2-3-11(9-13)10-14/h2-9H,10,14H2,1H3. The normalized spacial score (nSPS) is 10.1. The molecule has 0 unspecified atom stereocenters. The summed E-state index contributed by atoms with van der Waals surface area (Å²) in [5.74, 6) is 0. The SMILES string of the molecule is CN(c1ccncc1)c1cccc(CN)c1. The smallest absolute Gasteiger partial charge is 0.0438 e. The van der Waals surface area contributed by atoms with Crippen molar-refractivity contribution in [3.63, 3.8) is 0 Å². The highest BCUT2D eigenvalue weighted by atomic mass is 15.1. The maximum atomic E-state index is 5.63. The number of aromatic nitrogens is 1. The van der Waals surface area contributed by atoms with Gasteiger partial charge in [0.2, 0.25) is 0 Å². The van der Waals surface area contributed by atoms with Crippen LogP contribution in [0.3, 0.4) is 0 Å². The van der Waals surface area contributed by atoms with E-state index in [1.54, 1.807) is 12.4 Å². The van der Waals surface area contributed by atoms with Gasteiger partial charge in [0.05, 0.1) is 0 Å². The Morgan fingerprint density at radius 2 is 1.88 bits per heavy atom. The molecule has 2 aromatic rings. The molecule has 1 heterocycles. The summed E-state index contributed by atoms with van der Waals surface area (Å²) in [7, 11) is 2.03. The molecule has 0 aliphatic carbocycles. The zero-order chi connectivity index (χ0) is 11.4. The molecule has 3 heteroatoms. The monoisotopic (exact) mass is 213 g/mol. The van der Waals surface area contributed by atoms with Crippen LogP contribution in [0.15, 0.2) is 48.8 Å². The van der Waals surface area contributed by atoms with Gasteiger partial charge in [-0.1, -0.05) is 12.1 Å². The molecule has 0 spiro atoms. The number of rotatable bonds is 3. The summed E-state index contributed by atoms with van der Waals surface area (Å²) in [6, 6.07) is 12.2. The minimum Gasteiger partial charge on any atom is -0.345 e. The lowest BCUT2D eigenvalue weighted by Crippen LogP contribution is -2.10. The van der Waals surface area contributed by atoms with E-state index in [1.165, 1.54) is 0 Å². The first kappa shape index (κ1) is 10.6. The van der Waals surface area contributed by atoms with E-state index >= 15 is 0 Å². The Morgan fingerprint density at radius 3 is 2.56 bits per heavy atom. The molecular formula is C13H15N3. The number of nitrogens with zero attached hydrogens (tertiary/aromatic N) is 2. The number of hydrogen-bond donors (Lipinski definition) is 1. The van der Waals surface area contributed by atoms with E-state index in [0.717, 1.165) is 16.9 Å². The summed E-state index contributed by atoms with van der Waals surface area (Å²) in [6.45, 7) is 0.567. The Hall–Kier alpha value is -1.87. The molecule has 16 heavy (non-hydrogen) atoms. The average molecular weight is 213 g/mol. The van der Waals surface area contributed by atoms with Crippen LogP contribution in [0.4, 0.5) is 11.4 Å². The maximum absolute atomic E-state index is 5.63. The molecule has 1 aromatic carbocycles. The van der Waals surface area contributed by atoms with Gasteiger partial charge in [-0.25, -0.2) is 0 Å². The summed E-state index contributed by atoms with van der Waals surface area (Å²) < 4.78 is 0. The third-order valence-corrected chi connectivity index (χ3v) is 2.58. The first-order chi connectivity index (χ1) is 7.81. The Labute approximate surface area is 95.5 Å². The van der Waals surface area contributed by atoms with Crippen LogP contribution in [-0.4, -0.2) is 12.0 Å². The molecule has 82 valence electrons. The van der Waals surface area contributed by atoms with Crippen molar-refractivity contribution >= 4 is 11.4 Å². The highest BCUT2D eigenvalue weighted by molar-refractivity contribution is 5.62. The van der Waals surface area contributed by atoms with Crippen molar-refractivity contribution in [3.05, 3.63) is 54.4 Å². The van der Waals surface area contributed by atoms with Gasteiger partial charge in [0.15, 0.2) is 0 Å². The molecule has 0 aliphatic heterocycles. The first-order valence-electron chi connectivity index (χ1n) is 5.24. The van der Waals surface area contributed by atoms with E-state index < -0.39 is 0 Å². The zero-order valence-corrected chi connectivity index (χ0v) is 9.30. The van der Waals surface area contributed by atoms with E-state index in [1.807, 2.05) is 31.3 Å². The molecule has 0 saturated heterocycles. The summed E-state index contributed by atoms with van der Waals surface area (Å²) in [4.78, 5) is 6.12. The molecule has 3 nitrogen and oxygen atoms in total. The molecule has 0 radical (unpaired) electrons. The van der Waals surface area contributed by atoms with Crippen LogP contribution in [0.25, 0.3) is 0 Å². The van der Waals surface area contributed by atoms with Crippen LogP contribution < -0.4 is 10.6 Å². The second kappa shape index (κ2) is 4.77. The molecule has 2 N–H and O–H groups in total. The minimum atomic E-state index is 0.567. The maximum Gasteiger partial charge on any atom is 0.0438 e. The van der Waals surface area contributed by atoms with Gasteiger partial charge in [0, 0.05) is 37.4 Å². The van der Waals surface area contributed by atoms with Gasteiger partial charge >= 0.3 is 0 Å². The average Bonchev–Trinajstić information content (AvgIpc) is 2.39. The third kappa shape index (κ3) is 2.20. The van der Waals surface area contributed by atoms with Gasteiger partial charge in [-0.15, -0.1) is 0 Å². The zero-order valence-electron chi connectivity index (χ0n) is 9.30. The van der Waals surface area contributed by atoms with E-state index in [2.05, 4.69) is 22.0 Å². The fourth-order valence-electron chi connectivity index (χ4n) is 1.61. The van der Waals surface area contributed by atoms with Crippen LogP contribution in [-0.2, 0) is 6.54 Å².